The van der Waals surface area contributed by atoms with E-state index in [0.29, 0.717) is 41.4 Å². The normalized spacial score (nSPS) is 17.8. The zero-order valence-electron chi connectivity index (χ0n) is 15.4. The highest BCUT2D eigenvalue weighted by molar-refractivity contribution is 6.39. The minimum Gasteiger partial charge on any atom is -0.467 e. The van der Waals surface area contributed by atoms with Gasteiger partial charge in [-0.15, -0.1) is 0 Å². The summed E-state index contributed by atoms with van der Waals surface area (Å²) in [6.45, 7) is 2.23. The molecule has 2 atom stereocenters. The molecule has 1 aliphatic rings. The maximum absolute atomic E-state index is 12.7. The second kappa shape index (κ2) is 7.47. The number of amides is 2. The van der Waals surface area contributed by atoms with Crippen molar-refractivity contribution in [1.82, 2.24) is 9.88 Å². The first-order valence-electron chi connectivity index (χ1n) is 9.22. The number of likely N-dealkylation sites (tertiary alicyclic amines) is 1. The smallest absolute Gasteiger partial charge is 0.313 e. The Morgan fingerprint density at radius 1 is 1.39 bits per heavy atom. The van der Waals surface area contributed by atoms with E-state index in [4.69, 9.17) is 8.83 Å². The van der Waals surface area contributed by atoms with Crippen LogP contribution in [0.3, 0.4) is 0 Å². The van der Waals surface area contributed by atoms with E-state index in [1.807, 2.05) is 0 Å². The molecule has 2 N–H and O–H groups in total. The molecule has 28 heavy (non-hydrogen) atoms. The van der Waals surface area contributed by atoms with Gasteiger partial charge in [0, 0.05) is 37.7 Å². The molecule has 1 fully saturated rings. The summed E-state index contributed by atoms with van der Waals surface area (Å²) >= 11 is 0. The van der Waals surface area contributed by atoms with Crippen molar-refractivity contribution in [3.05, 3.63) is 48.2 Å². The van der Waals surface area contributed by atoms with E-state index in [1.54, 1.807) is 37.3 Å². The highest BCUT2D eigenvalue weighted by Gasteiger charge is 2.34. The van der Waals surface area contributed by atoms with Gasteiger partial charge in [0.1, 0.15) is 17.4 Å². The lowest BCUT2D eigenvalue weighted by atomic mass is 10.1. The van der Waals surface area contributed by atoms with Crippen LogP contribution in [0.2, 0.25) is 0 Å². The molecule has 146 valence electrons. The van der Waals surface area contributed by atoms with Crippen LogP contribution in [0, 0.1) is 6.92 Å². The van der Waals surface area contributed by atoms with Crippen LogP contribution >= 0.6 is 0 Å². The molecule has 1 aromatic carbocycles. The number of carbonyl (C=O) groups excluding carboxylic acids is 2. The van der Waals surface area contributed by atoms with Crippen molar-refractivity contribution in [1.29, 1.82) is 0 Å². The van der Waals surface area contributed by atoms with Crippen LogP contribution in [0.5, 0.6) is 0 Å². The Balaban J connectivity index is 1.42. The van der Waals surface area contributed by atoms with Crippen molar-refractivity contribution in [2.75, 3.05) is 11.9 Å². The summed E-state index contributed by atoms with van der Waals surface area (Å²) in [5, 5.41) is 12.9. The molecule has 3 aromatic rings. The number of aliphatic hydroxyl groups excluding tert-OH is 1. The van der Waals surface area contributed by atoms with Crippen LogP contribution < -0.4 is 5.32 Å². The van der Waals surface area contributed by atoms with E-state index in [1.165, 1.54) is 11.2 Å². The maximum Gasteiger partial charge on any atom is 0.313 e. The van der Waals surface area contributed by atoms with Gasteiger partial charge in [0.25, 0.3) is 0 Å². The molecule has 8 nitrogen and oxygen atoms in total. The number of aliphatic hydroxyl groups is 1. The van der Waals surface area contributed by atoms with Gasteiger partial charge in [0.15, 0.2) is 11.5 Å². The van der Waals surface area contributed by atoms with Gasteiger partial charge >= 0.3 is 11.8 Å². The molecule has 2 aromatic heterocycles. The molecule has 4 rings (SSSR count). The lowest BCUT2D eigenvalue weighted by Gasteiger charge is -2.25. The number of aromatic nitrogens is 1. The summed E-state index contributed by atoms with van der Waals surface area (Å²) < 4.78 is 10.7. The number of carbonyl (C=O) groups is 2. The predicted octanol–water partition coefficient (Wildman–Crippen LogP) is 2.78. The second-order valence-corrected chi connectivity index (χ2v) is 6.93. The number of rotatable bonds is 4. The zero-order chi connectivity index (χ0) is 19.7. The summed E-state index contributed by atoms with van der Waals surface area (Å²) in [5.74, 6) is -0.332. The fourth-order valence-electron chi connectivity index (χ4n) is 3.64. The molecule has 0 bridgehead atoms. The maximum atomic E-state index is 12.7. The van der Waals surface area contributed by atoms with Crippen molar-refractivity contribution in [2.24, 2.45) is 0 Å². The number of nitrogens with one attached hydrogen (secondary N) is 1. The Morgan fingerprint density at radius 3 is 3.04 bits per heavy atom. The number of hydrogen-bond donors (Lipinski definition) is 2. The predicted molar refractivity (Wildman–Crippen MR) is 100 cm³/mol. The molecular formula is C20H21N3O5. The van der Waals surface area contributed by atoms with Gasteiger partial charge in [0.05, 0.1) is 6.26 Å². The number of oxazole rings is 1. The van der Waals surface area contributed by atoms with Crippen molar-refractivity contribution < 1.29 is 23.5 Å². The van der Waals surface area contributed by atoms with Crippen LogP contribution in [0.1, 0.15) is 37.0 Å². The van der Waals surface area contributed by atoms with Crippen molar-refractivity contribution in [2.45, 2.75) is 38.3 Å². The number of furan rings is 1. The van der Waals surface area contributed by atoms with Crippen LogP contribution in [0.15, 0.2) is 45.4 Å². The van der Waals surface area contributed by atoms with E-state index in [-0.39, 0.29) is 6.04 Å². The minimum atomic E-state index is -0.812. The third-order valence-electron chi connectivity index (χ3n) is 4.95. The molecule has 0 aliphatic carbocycles. The number of aryl methyl sites for hydroxylation is 1. The topological polar surface area (TPSA) is 109 Å². The van der Waals surface area contributed by atoms with Gasteiger partial charge < -0.3 is 24.2 Å². The molecule has 0 saturated carbocycles. The van der Waals surface area contributed by atoms with Crippen molar-refractivity contribution in [3.63, 3.8) is 0 Å². The number of hydrogen-bond acceptors (Lipinski definition) is 6. The van der Waals surface area contributed by atoms with Gasteiger partial charge in [-0.05, 0) is 37.1 Å². The molecule has 3 heterocycles. The molecule has 1 saturated heterocycles. The molecule has 1 aliphatic heterocycles. The Kier molecular flexibility index (Phi) is 4.87. The second-order valence-electron chi connectivity index (χ2n) is 6.93. The first kappa shape index (κ1) is 18.2. The number of benzene rings is 1. The van der Waals surface area contributed by atoms with Gasteiger partial charge in [-0.1, -0.05) is 0 Å². The summed E-state index contributed by atoms with van der Waals surface area (Å²) in [4.78, 5) is 30.9. The SMILES string of the molecule is Cc1nc2ccc(NC(=O)C(=O)N3CCC[C@@H]3C[C@H](O)c3ccco3)cc2o1. The fraction of sp³-hybridized carbons (Fsp3) is 0.350. The van der Waals surface area contributed by atoms with E-state index in [2.05, 4.69) is 10.3 Å². The standard InChI is InChI=1S/C20H21N3O5/c1-12-21-15-7-6-13(10-18(15)28-12)22-19(25)20(26)23-8-2-4-14(23)11-16(24)17-5-3-9-27-17/h3,5-7,9-10,14,16,24H,2,4,8,11H2,1H3,(H,22,25)/t14-,16+/m1/s1. The molecule has 0 spiro atoms. The Hall–Kier alpha value is -3.13. The molecule has 0 unspecified atom stereocenters. The summed E-state index contributed by atoms with van der Waals surface area (Å²) in [6, 6.07) is 8.23. The fourth-order valence-corrected chi connectivity index (χ4v) is 3.64. The van der Waals surface area contributed by atoms with E-state index in [9.17, 15) is 14.7 Å². The van der Waals surface area contributed by atoms with E-state index < -0.39 is 17.9 Å². The number of nitrogens with zero attached hydrogens (tertiary/aromatic N) is 2. The molecule has 0 radical (unpaired) electrons. The van der Waals surface area contributed by atoms with Crippen LogP contribution in [0.4, 0.5) is 5.69 Å². The highest BCUT2D eigenvalue weighted by Crippen LogP contribution is 2.28. The van der Waals surface area contributed by atoms with Crippen molar-refractivity contribution in [3.8, 4) is 0 Å². The first-order valence-corrected chi connectivity index (χ1v) is 9.22. The average Bonchev–Trinajstić information content (AvgIpc) is 3.40. The summed E-state index contributed by atoms with van der Waals surface area (Å²) in [7, 11) is 0. The largest absolute Gasteiger partial charge is 0.467 e. The Bertz CT molecular complexity index is 995. The Morgan fingerprint density at radius 2 is 2.25 bits per heavy atom. The van der Waals surface area contributed by atoms with Crippen molar-refractivity contribution >= 4 is 28.6 Å². The monoisotopic (exact) mass is 383 g/mol. The lowest BCUT2D eigenvalue weighted by Crippen LogP contribution is -2.43. The molecular weight excluding hydrogens is 362 g/mol. The molecule has 8 heteroatoms. The third kappa shape index (κ3) is 3.63. The van der Waals surface area contributed by atoms with Crippen LogP contribution in [-0.4, -0.2) is 39.4 Å². The first-order chi connectivity index (χ1) is 13.5. The minimum absolute atomic E-state index is 0.210. The zero-order valence-corrected chi connectivity index (χ0v) is 15.4. The van der Waals surface area contributed by atoms with Gasteiger partial charge in [-0.2, -0.15) is 0 Å². The number of anilines is 1. The average molecular weight is 383 g/mol. The molecule has 2 amide bonds. The van der Waals surface area contributed by atoms with Crippen LogP contribution in [0.25, 0.3) is 11.1 Å². The van der Waals surface area contributed by atoms with E-state index >= 15 is 0 Å². The summed E-state index contributed by atoms with van der Waals surface area (Å²) in [6.07, 6.45) is 2.54. The number of fused-ring (bicyclic) bond motifs is 1. The van der Waals surface area contributed by atoms with E-state index in [0.717, 1.165) is 12.8 Å². The third-order valence-corrected chi connectivity index (χ3v) is 4.95. The quantitative estimate of drug-likeness (QED) is 0.671. The van der Waals surface area contributed by atoms with Gasteiger partial charge in [-0.25, -0.2) is 4.98 Å². The Labute approximate surface area is 161 Å². The highest BCUT2D eigenvalue weighted by atomic mass is 16.4. The van der Waals surface area contributed by atoms with Gasteiger partial charge in [0.2, 0.25) is 0 Å². The summed E-state index contributed by atoms with van der Waals surface area (Å²) in [5.41, 5.74) is 1.70. The van der Waals surface area contributed by atoms with Crippen LogP contribution in [-0.2, 0) is 9.59 Å². The van der Waals surface area contributed by atoms with Gasteiger partial charge in [-0.3, -0.25) is 9.59 Å². The lowest BCUT2D eigenvalue weighted by molar-refractivity contribution is -0.144.